The van der Waals surface area contributed by atoms with Crippen molar-refractivity contribution < 1.29 is 4.52 Å². The van der Waals surface area contributed by atoms with Crippen LogP contribution in [0, 0.1) is 0 Å². The molecule has 0 atom stereocenters. The van der Waals surface area contributed by atoms with E-state index in [1.165, 1.54) is 0 Å². The molecule has 0 spiro atoms. The Morgan fingerprint density at radius 1 is 1.10 bits per heavy atom. The number of rotatable bonds is 8. The van der Waals surface area contributed by atoms with Gasteiger partial charge < -0.3 is 15.2 Å². The van der Waals surface area contributed by atoms with Gasteiger partial charge in [0, 0.05) is 25.1 Å². The lowest BCUT2D eigenvalue weighted by atomic mass is 10.1. The lowest BCUT2D eigenvalue weighted by Gasteiger charge is -2.16. The van der Waals surface area contributed by atoms with Crippen molar-refractivity contribution in [2.75, 3.05) is 25.4 Å². The van der Waals surface area contributed by atoms with Crippen molar-refractivity contribution in [1.82, 2.24) is 15.0 Å². The van der Waals surface area contributed by atoms with Crippen molar-refractivity contribution in [3.8, 4) is 0 Å². The first kappa shape index (κ1) is 15.5. The maximum Gasteiger partial charge on any atom is 0.226 e. The summed E-state index contributed by atoms with van der Waals surface area (Å²) in [5, 5.41) is 4.05. The number of nitrogen functional groups attached to an aromatic ring is 1. The van der Waals surface area contributed by atoms with E-state index in [0.29, 0.717) is 5.89 Å². The molecule has 1 aromatic carbocycles. The molecule has 0 saturated carbocycles. The smallest absolute Gasteiger partial charge is 0.226 e. The molecule has 0 amide bonds. The second kappa shape index (κ2) is 7.78. The second-order valence-corrected chi connectivity index (χ2v) is 5.08. The zero-order valence-corrected chi connectivity index (χ0v) is 12.9. The average molecular weight is 288 g/mol. The van der Waals surface area contributed by atoms with Crippen LogP contribution >= 0.6 is 0 Å². The zero-order valence-electron chi connectivity index (χ0n) is 12.9. The first-order valence-corrected chi connectivity index (χ1v) is 7.60. The summed E-state index contributed by atoms with van der Waals surface area (Å²) in [6.45, 7) is 7.39. The van der Waals surface area contributed by atoms with Crippen molar-refractivity contribution in [3.63, 3.8) is 0 Å². The van der Waals surface area contributed by atoms with Crippen LogP contribution in [0.2, 0.25) is 0 Å². The van der Waals surface area contributed by atoms with Crippen LogP contribution in [0.5, 0.6) is 0 Å². The highest BCUT2D eigenvalue weighted by molar-refractivity contribution is 5.46. The van der Waals surface area contributed by atoms with Gasteiger partial charge in [-0.1, -0.05) is 37.2 Å². The van der Waals surface area contributed by atoms with E-state index in [1.807, 2.05) is 24.3 Å². The molecule has 5 nitrogen and oxygen atoms in total. The summed E-state index contributed by atoms with van der Waals surface area (Å²) in [5.74, 6) is 1.48. The maximum absolute atomic E-state index is 5.93. The molecule has 5 heteroatoms. The number of aromatic nitrogens is 2. The number of nitrogens with zero attached hydrogens (tertiary/aromatic N) is 3. The third-order valence-corrected chi connectivity index (χ3v) is 3.72. The van der Waals surface area contributed by atoms with Gasteiger partial charge in [-0.05, 0) is 31.1 Å². The molecule has 0 radical (unpaired) electrons. The normalized spacial score (nSPS) is 11.2. The molecule has 114 valence electrons. The largest absolute Gasteiger partial charge is 0.399 e. The molecular weight excluding hydrogens is 264 g/mol. The number of para-hydroxylation sites is 1. The minimum atomic E-state index is 0.688. The van der Waals surface area contributed by atoms with Crippen molar-refractivity contribution >= 4 is 5.69 Å². The molecule has 1 aromatic heterocycles. The van der Waals surface area contributed by atoms with Gasteiger partial charge in [-0.2, -0.15) is 4.98 Å². The second-order valence-electron chi connectivity index (χ2n) is 5.08. The Morgan fingerprint density at radius 3 is 2.57 bits per heavy atom. The lowest BCUT2D eigenvalue weighted by molar-refractivity contribution is 0.302. The van der Waals surface area contributed by atoms with Crippen molar-refractivity contribution in [3.05, 3.63) is 41.5 Å². The van der Waals surface area contributed by atoms with Crippen LogP contribution in [0.1, 0.15) is 31.1 Å². The summed E-state index contributed by atoms with van der Waals surface area (Å²) in [7, 11) is 0. The van der Waals surface area contributed by atoms with Crippen LogP contribution in [0.25, 0.3) is 0 Å². The zero-order chi connectivity index (χ0) is 15.1. The van der Waals surface area contributed by atoms with E-state index in [1.54, 1.807) is 0 Å². The summed E-state index contributed by atoms with van der Waals surface area (Å²) in [4.78, 5) is 6.80. The van der Waals surface area contributed by atoms with E-state index in [2.05, 4.69) is 28.9 Å². The van der Waals surface area contributed by atoms with Gasteiger partial charge >= 0.3 is 0 Å². The molecule has 2 aromatic rings. The highest BCUT2D eigenvalue weighted by atomic mass is 16.5. The predicted octanol–water partition coefficient (Wildman–Crippen LogP) is 2.32. The molecule has 0 saturated heterocycles. The monoisotopic (exact) mass is 288 g/mol. The van der Waals surface area contributed by atoms with E-state index in [-0.39, 0.29) is 0 Å². The minimum absolute atomic E-state index is 0.688. The molecule has 2 rings (SSSR count). The Labute approximate surface area is 126 Å². The maximum atomic E-state index is 5.93. The van der Waals surface area contributed by atoms with Crippen LogP contribution in [0.3, 0.4) is 0 Å². The number of hydrogen-bond donors (Lipinski definition) is 1. The number of likely N-dealkylation sites (N-methyl/N-ethyl adjacent to an activating group) is 1. The van der Waals surface area contributed by atoms with E-state index in [0.717, 1.165) is 56.0 Å². The van der Waals surface area contributed by atoms with Gasteiger partial charge in [-0.3, -0.25) is 0 Å². The van der Waals surface area contributed by atoms with Gasteiger partial charge in [-0.25, -0.2) is 0 Å². The highest BCUT2D eigenvalue weighted by Crippen LogP contribution is 2.13. The number of anilines is 1. The predicted molar refractivity (Wildman–Crippen MR) is 84.1 cm³/mol. The number of nitrogens with two attached hydrogens (primary N) is 1. The first-order valence-electron chi connectivity index (χ1n) is 7.60. The Morgan fingerprint density at radius 2 is 1.86 bits per heavy atom. The molecule has 0 aliphatic carbocycles. The van der Waals surface area contributed by atoms with Crippen molar-refractivity contribution in [2.24, 2.45) is 0 Å². The summed E-state index contributed by atoms with van der Waals surface area (Å²) in [6, 6.07) is 7.89. The summed E-state index contributed by atoms with van der Waals surface area (Å²) in [5.41, 5.74) is 7.87. The van der Waals surface area contributed by atoms with E-state index < -0.39 is 0 Å². The molecule has 0 fully saturated rings. The fourth-order valence-corrected chi connectivity index (χ4v) is 2.29. The first-order chi connectivity index (χ1) is 10.2. The van der Waals surface area contributed by atoms with Crippen LogP contribution in [0.4, 0.5) is 5.69 Å². The van der Waals surface area contributed by atoms with Gasteiger partial charge in [0.25, 0.3) is 0 Å². The quantitative estimate of drug-likeness (QED) is 0.755. The molecule has 21 heavy (non-hydrogen) atoms. The Balaban J connectivity index is 1.84. The molecule has 0 bridgehead atoms. The Kier molecular flexibility index (Phi) is 5.75. The summed E-state index contributed by atoms with van der Waals surface area (Å²) >= 11 is 0. The van der Waals surface area contributed by atoms with Crippen LogP contribution < -0.4 is 5.73 Å². The fraction of sp³-hybridized carbons (Fsp3) is 0.500. The summed E-state index contributed by atoms with van der Waals surface area (Å²) in [6.07, 6.45) is 2.38. The minimum Gasteiger partial charge on any atom is -0.399 e. The standard InChI is InChI=1S/C16H24N4O/c1-3-20(4-2)12-11-15-18-16(21-19-15)10-9-13-7-5-6-8-14(13)17/h5-8H,3-4,9-12,17H2,1-2H3. The van der Waals surface area contributed by atoms with Gasteiger partial charge in [-0.15, -0.1) is 0 Å². The molecule has 0 aliphatic rings. The molecule has 0 aliphatic heterocycles. The van der Waals surface area contributed by atoms with Crippen LogP contribution in [-0.4, -0.2) is 34.7 Å². The van der Waals surface area contributed by atoms with Crippen LogP contribution in [-0.2, 0) is 19.3 Å². The molecule has 1 heterocycles. The number of hydrogen-bond acceptors (Lipinski definition) is 5. The van der Waals surface area contributed by atoms with Crippen molar-refractivity contribution in [1.29, 1.82) is 0 Å². The van der Waals surface area contributed by atoms with E-state index >= 15 is 0 Å². The Bertz CT molecular complexity index is 549. The SMILES string of the molecule is CCN(CC)CCc1noc(CCc2ccccc2N)n1. The van der Waals surface area contributed by atoms with E-state index in [9.17, 15) is 0 Å². The highest BCUT2D eigenvalue weighted by Gasteiger charge is 2.09. The van der Waals surface area contributed by atoms with Gasteiger partial charge in [0.05, 0.1) is 0 Å². The third kappa shape index (κ3) is 4.56. The van der Waals surface area contributed by atoms with Crippen molar-refractivity contribution in [2.45, 2.75) is 33.1 Å². The molecular formula is C16H24N4O. The third-order valence-electron chi connectivity index (χ3n) is 3.72. The van der Waals surface area contributed by atoms with Crippen LogP contribution in [0.15, 0.2) is 28.8 Å². The molecule has 0 unspecified atom stereocenters. The Hall–Kier alpha value is -1.88. The topological polar surface area (TPSA) is 68.2 Å². The summed E-state index contributed by atoms with van der Waals surface area (Å²) < 4.78 is 5.31. The average Bonchev–Trinajstić information content (AvgIpc) is 2.95. The number of benzene rings is 1. The number of aryl methyl sites for hydroxylation is 2. The van der Waals surface area contributed by atoms with Gasteiger partial charge in [0.15, 0.2) is 5.82 Å². The van der Waals surface area contributed by atoms with E-state index in [4.69, 9.17) is 10.3 Å². The van der Waals surface area contributed by atoms with Gasteiger partial charge in [0.2, 0.25) is 5.89 Å². The fourth-order valence-electron chi connectivity index (χ4n) is 2.29. The molecule has 2 N–H and O–H groups in total. The lowest BCUT2D eigenvalue weighted by Crippen LogP contribution is -2.25. The van der Waals surface area contributed by atoms with Gasteiger partial charge in [0.1, 0.15) is 0 Å².